The first-order valence-electron chi connectivity index (χ1n) is 10.8. The van der Waals surface area contributed by atoms with Crippen molar-refractivity contribution in [3.05, 3.63) is 34.7 Å². The van der Waals surface area contributed by atoms with Crippen molar-refractivity contribution in [3.8, 4) is 0 Å². The van der Waals surface area contributed by atoms with E-state index in [-0.39, 0.29) is 23.7 Å². The van der Waals surface area contributed by atoms with E-state index in [0.29, 0.717) is 31.3 Å². The maximum atomic E-state index is 12.9. The summed E-state index contributed by atoms with van der Waals surface area (Å²) in [6, 6.07) is 8.40. The summed E-state index contributed by atoms with van der Waals surface area (Å²) in [4.78, 5) is 25.6. The zero-order chi connectivity index (χ0) is 19.7. The Morgan fingerprint density at radius 1 is 1.11 bits per heavy atom. The van der Waals surface area contributed by atoms with Crippen LogP contribution in [-0.2, 0) is 17.9 Å². The van der Waals surface area contributed by atoms with Gasteiger partial charge in [-0.1, -0.05) is 25.5 Å². The third-order valence-corrected chi connectivity index (χ3v) is 6.64. The predicted molar refractivity (Wildman–Crippen MR) is 111 cm³/mol. The predicted octanol–water partition coefficient (Wildman–Crippen LogP) is 2.63. The van der Waals surface area contributed by atoms with E-state index >= 15 is 0 Å². The lowest BCUT2D eigenvalue weighted by Crippen LogP contribution is -2.53. The van der Waals surface area contributed by atoms with Crippen molar-refractivity contribution in [2.75, 3.05) is 0 Å². The maximum Gasteiger partial charge on any atom is 0.329 e. The number of amides is 1. The van der Waals surface area contributed by atoms with E-state index in [1.165, 1.54) is 19.3 Å². The Kier molecular flexibility index (Phi) is 5.58. The van der Waals surface area contributed by atoms with Gasteiger partial charge in [0.05, 0.1) is 11.0 Å². The molecule has 6 heteroatoms. The van der Waals surface area contributed by atoms with Crippen LogP contribution in [0.3, 0.4) is 0 Å². The highest BCUT2D eigenvalue weighted by Gasteiger charge is 2.39. The minimum Gasteiger partial charge on any atom is -0.353 e. The molecular formula is C22H32N4O2. The second-order valence-corrected chi connectivity index (χ2v) is 8.60. The number of aryl methyl sites for hydroxylation is 2. The number of nitrogens with two attached hydrogens (primary N) is 1. The van der Waals surface area contributed by atoms with E-state index in [1.807, 2.05) is 28.8 Å². The lowest BCUT2D eigenvalue weighted by molar-refractivity contribution is -0.123. The second kappa shape index (κ2) is 8.11. The van der Waals surface area contributed by atoms with E-state index in [0.717, 1.165) is 30.3 Å². The van der Waals surface area contributed by atoms with Gasteiger partial charge in [-0.25, -0.2) is 4.79 Å². The summed E-state index contributed by atoms with van der Waals surface area (Å²) in [5, 5.41) is 3.29. The van der Waals surface area contributed by atoms with Crippen molar-refractivity contribution < 1.29 is 4.79 Å². The Morgan fingerprint density at radius 3 is 2.32 bits per heavy atom. The molecule has 0 aliphatic heterocycles. The quantitative estimate of drug-likeness (QED) is 0.803. The molecule has 4 rings (SSSR count). The number of fused-ring (bicyclic) bond motifs is 3. The number of carbonyl (C=O) groups is 1. The van der Waals surface area contributed by atoms with Gasteiger partial charge in [0.1, 0.15) is 0 Å². The van der Waals surface area contributed by atoms with Gasteiger partial charge in [-0.2, -0.15) is 0 Å². The summed E-state index contributed by atoms with van der Waals surface area (Å²) in [5.74, 6) is 1.08. The average Bonchev–Trinajstić information content (AvgIpc) is 2.93. The van der Waals surface area contributed by atoms with Crippen molar-refractivity contribution in [2.24, 2.45) is 17.6 Å². The number of nitrogens with zero attached hydrogens (tertiary/aromatic N) is 2. The molecular weight excluding hydrogens is 352 g/mol. The molecule has 1 heterocycles. The molecule has 1 aromatic carbocycles. The Balaban J connectivity index is 1.46. The lowest BCUT2D eigenvalue weighted by Gasteiger charge is -2.45. The van der Waals surface area contributed by atoms with Crippen LogP contribution >= 0.6 is 0 Å². The molecule has 2 fully saturated rings. The van der Waals surface area contributed by atoms with Crippen molar-refractivity contribution in [1.29, 1.82) is 0 Å². The molecule has 0 radical (unpaired) electrons. The lowest BCUT2D eigenvalue weighted by atomic mass is 9.67. The molecule has 28 heavy (non-hydrogen) atoms. The van der Waals surface area contributed by atoms with Gasteiger partial charge in [-0.05, 0) is 56.1 Å². The van der Waals surface area contributed by atoms with Crippen molar-refractivity contribution >= 4 is 16.9 Å². The zero-order valence-corrected chi connectivity index (χ0v) is 16.8. The third-order valence-electron chi connectivity index (χ3n) is 6.64. The van der Waals surface area contributed by atoms with Gasteiger partial charge < -0.3 is 11.1 Å². The van der Waals surface area contributed by atoms with Crippen LogP contribution in [0.5, 0.6) is 0 Å². The number of hydrogen-bond acceptors (Lipinski definition) is 3. The molecule has 152 valence electrons. The Labute approximate surface area is 166 Å². The normalized spacial score (nSPS) is 27.1. The third kappa shape index (κ3) is 3.62. The van der Waals surface area contributed by atoms with E-state index < -0.39 is 0 Å². The van der Waals surface area contributed by atoms with Crippen molar-refractivity contribution in [2.45, 2.75) is 77.0 Å². The van der Waals surface area contributed by atoms with Gasteiger partial charge in [-0.15, -0.1) is 0 Å². The zero-order valence-electron chi connectivity index (χ0n) is 16.8. The van der Waals surface area contributed by atoms with Crippen molar-refractivity contribution in [1.82, 2.24) is 14.5 Å². The van der Waals surface area contributed by atoms with Crippen LogP contribution in [0.2, 0.25) is 0 Å². The molecule has 6 nitrogen and oxygen atoms in total. The smallest absolute Gasteiger partial charge is 0.329 e. The number of hydrogen-bond donors (Lipinski definition) is 2. The fourth-order valence-corrected chi connectivity index (χ4v) is 5.42. The fraction of sp³-hybridized carbons (Fsp3) is 0.636. The first-order valence-corrected chi connectivity index (χ1v) is 10.8. The summed E-state index contributed by atoms with van der Waals surface area (Å²) >= 11 is 0. The van der Waals surface area contributed by atoms with E-state index in [9.17, 15) is 9.59 Å². The molecule has 2 aliphatic carbocycles. The molecule has 2 saturated carbocycles. The Hall–Kier alpha value is -2.08. The van der Waals surface area contributed by atoms with Crippen LogP contribution in [0.15, 0.2) is 29.1 Å². The Bertz CT molecular complexity index is 886. The first-order chi connectivity index (χ1) is 13.6. The number of rotatable bonds is 6. The second-order valence-electron chi connectivity index (χ2n) is 8.60. The largest absolute Gasteiger partial charge is 0.353 e. The molecule has 2 aliphatic rings. The van der Waals surface area contributed by atoms with Gasteiger partial charge in [0.25, 0.3) is 0 Å². The Morgan fingerprint density at radius 2 is 1.71 bits per heavy atom. The molecule has 2 aromatic rings. The standard InChI is InChI=1S/C22H32N4O2/c1-2-11-25-18-8-3-4-9-19(18)26(22(25)28)12-10-20(27)24-21-15-6-5-7-16(21)14-17(23)13-15/h3-4,8-9,15-17,21H,2,5-7,10-14,23H2,1H3,(H,24,27). The molecule has 1 aromatic heterocycles. The van der Waals surface area contributed by atoms with Crippen LogP contribution in [0, 0.1) is 11.8 Å². The van der Waals surface area contributed by atoms with Gasteiger partial charge >= 0.3 is 5.69 Å². The SMILES string of the molecule is CCCn1c(=O)n(CCC(=O)NC2C3CCCC2CC(N)C3)c2ccccc21. The number of carbonyl (C=O) groups excluding carboxylic acids is 1. The summed E-state index contributed by atoms with van der Waals surface area (Å²) in [5.41, 5.74) is 8.04. The molecule has 2 bridgehead atoms. The monoisotopic (exact) mass is 384 g/mol. The van der Waals surface area contributed by atoms with Gasteiger partial charge in [-0.3, -0.25) is 13.9 Å². The molecule has 1 amide bonds. The molecule has 2 unspecified atom stereocenters. The molecule has 2 atom stereocenters. The van der Waals surface area contributed by atoms with Gasteiger partial charge in [0.2, 0.25) is 5.91 Å². The number of benzene rings is 1. The van der Waals surface area contributed by atoms with Crippen LogP contribution in [-0.4, -0.2) is 27.1 Å². The van der Waals surface area contributed by atoms with Crippen molar-refractivity contribution in [3.63, 3.8) is 0 Å². The fourth-order valence-electron chi connectivity index (χ4n) is 5.42. The molecule has 0 saturated heterocycles. The summed E-state index contributed by atoms with van der Waals surface area (Å²) in [6.07, 6.45) is 6.86. The van der Waals surface area contributed by atoms with Crippen LogP contribution < -0.4 is 16.7 Å². The highest BCUT2D eigenvalue weighted by atomic mass is 16.2. The van der Waals surface area contributed by atoms with E-state index in [1.54, 1.807) is 4.57 Å². The minimum atomic E-state index is -0.0173. The number of para-hydroxylation sites is 2. The minimum absolute atomic E-state index is 0.0173. The molecule has 3 N–H and O–H groups in total. The first kappa shape index (κ1) is 19.2. The topological polar surface area (TPSA) is 82.0 Å². The number of nitrogens with one attached hydrogen (secondary N) is 1. The van der Waals surface area contributed by atoms with Gasteiger partial charge in [0, 0.05) is 31.6 Å². The maximum absolute atomic E-state index is 12.9. The van der Waals surface area contributed by atoms with E-state index in [4.69, 9.17) is 5.73 Å². The van der Waals surface area contributed by atoms with Gasteiger partial charge in [0.15, 0.2) is 0 Å². The summed E-state index contributed by atoms with van der Waals surface area (Å²) in [7, 11) is 0. The number of imidazole rings is 1. The van der Waals surface area contributed by atoms with Crippen LogP contribution in [0.25, 0.3) is 11.0 Å². The summed E-state index contributed by atoms with van der Waals surface area (Å²) in [6.45, 7) is 3.19. The van der Waals surface area contributed by atoms with Crippen LogP contribution in [0.1, 0.15) is 51.9 Å². The van der Waals surface area contributed by atoms with Crippen LogP contribution in [0.4, 0.5) is 0 Å². The number of aromatic nitrogens is 2. The van der Waals surface area contributed by atoms with E-state index in [2.05, 4.69) is 12.2 Å². The summed E-state index contributed by atoms with van der Waals surface area (Å²) < 4.78 is 3.57. The average molecular weight is 385 g/mol. The highest BCUT2D eigenvalue weighted by Crippen LogP contribution is 2.39. The highest BCUT2D eigenvalue weighted by molar-refractivity contribution is 5.78. The molecule has 0 spiro atoms.